The van der Waals surface area contributed by atoms with Gasteiger partial charge >= 0.3 is 7.12 Å². The van der Waals surface area contributed by atoms with E-state index in [9.17, 15) is 9.50 Å². The van der Waals surface area contributed by atoms with Crippen molar-refractivity contribution in [2.45, 2.75) is 58.0 Å². The van der Waals surface area contributed by atoms with Gasteiger partial charge in [0.2, 0.25) is 0 Å². The van der Waals surface area contributed by atoms with Crippen molar-refractivity contribution >= 4 is 12.7 Å². The Labute approximate surface area is 154 Å². The first-order valence-electron chi connectivity index (χ1n) is 8.85. The first-order chi connectivity index (χ1) is 12.1. The molecule has 2 saturated heterocycles. The highest BCUT2D eigenvalue weighted by atomic mass is 19.1. The standard InChI is InChI=1S/C19H26BFO5/c1-12(17(21)20-25-18(2,3)19(4,5)26-20)13-6-8-14(9-7-13)24-16-11-23-10-15(16)22/h6-9,15-16,22H,10-11H2,1-5H3. The van der Waals surface area contributed by atoms with Crippen LogP contribution in [0.1, 0.15) is 40.2 Å². The Hall–Kier alpha value is -1.41. The van der Waals surface area contributed by atoms with E-state index in [1.807, 2.05) is 27.7 Å². The largest absolute Gasteiger partial charge is 0.525 e. The molecule has 2 heterocycles. The maximum Gasteiger partial charge on any atom is 0.525 e. The van der Waals surface area contributed by atoms with Gasteiger partial charge < -0.3 is 23.9 Å². The molecule has 2 fully saturated rings. The summed E-state index contributed by atoms with van der Waals surface area (Å²) >= 11 is 0. The molecule has 2 aliphatic heterocycles. The molecule has 2 aliphatic rings. The van der Waals surface area contributed by atoms with Gasteiger partial charge in [-0.1, -0.05) is 12.1 Å². The van der Waals surface area contributed by atoms with Crippen molar-refractivity contribution in [2.75, 3.05) is 13.2 Å². The van der Waals surface area contributed by atoms with Gasteiger partial charge in [-0.05, 0) is 57.9 Å². The molecule has 0 bridgehead atoms. The van der Waals surface area contributed by atoms with Crippen LogP contribution in [-0.4, -0.2) is 48.8 Å². The molecule has 0 aromatic heterocycles. The van der Waals surface area contributed by atoms with Crippen molar-refractivity contribution in [1.29, 1.82) is 0 Å². The van der Waals surface area contributed by atoms with Gasteiger partial charge in [-0.3, -0.25) is 0 Å². The number of hydrogen-bond donors (Lipinski definition) is 1. The molecule has 0 amide bonds. The van der Waals surface area contributed by atoms with Crippen molar-refractivity contribution in [3.63, 3.8) is 0 Å². The minimum atomic E-state index is -1.01. The maximum absolute atomic E-state index is 14.9. The van der Waals surface area contributed by atoms with Gasteiger partial charge in [0, 0.05) is 0 Å². The predicted molar refractivity (Wildman–Crippen MR) is 97.5 cm³/mol. The molecule has 26 heavy (non-hydrogen) atoms. The normalized spacial score (nSPS) is 28.2. The van der Waals surface area contributed by atoms with Crippen molar-refractivity contribution in [3.8, 4) is 5.75 Å². The van der Waals surface area contributed by atoms with E-state index in [4.69, 9.17) is 18.8 Å². The molecule has 1 N–H and O–H groups in total. The van der Waals surface area contributed by atoms with Crippen molar-refractivity contribution in [3.05, 3.63) is 35.6 Å². The van der Waals surface area contributed by atoms with Crippen LogP contribution in [0, 0.1) is 0 Å². The summed E-state index contributed by atoms with van der Waals surface area (Å²) in [6.45, 7) is 9.91. The van der Waals surface area contributed by atoms with Gasteiger partial charge in [0.15, 0.2) is 0 Å². The lowest BCUT2D eigenvalue weighted by atomic mass is 9.83. The molecule has 0 aliphatic carbocycles. The SMILES string of the molecule is CC(=C(F)B1OC(C)(C)C(C)(C)O1)c1ccc(OC2COCC2O)cc1. The smallest absolute Gasteiger partial charge is 0.485 e. The van der Waals surface area contributed by atoms with E-state index in [1.165, 1.54) is 0 Å². The van der Waals surface area contributed by atoms with Crippen LogP contribution in [0.3, 0.4) is 0 Å². The van der Waals surface area contributed by atoms with Crippen LogP contribution in [0.25, 0.3) is 5.57 Å². The summed E-state index contributed by atoms with van der Waals surface area (Å²) < 4.78 is 37.3. The molecule has 1 aromatic rings. The van der Waals surface area contributed by atoms with E-state index in [0.29, 0.717) is 23.5 Å². The Bertz CT molecular complexity index is 670. The minimum Gasteiger partial charge on any atom is -0.485 e. The average molecular weight is 364 g/mol. The molecule has 1 aromatic carbocycles. The van der Waals surface area contributed by atoms with E-state index < -0.39 is 30.2 Å². The number of rotatable bonds is 4. The van der Waals surface area contributed by atoms with Gasteiger partial charge in [-0.15, -0.1) is 0 Å². The highest BCUT2D eigenvalue weighted by molar-refractivity contribution is 6.55. The fourth-order valence-electron chi connectivity index (χ4n) is 2.86. The topological polar surface area (TPSA) is 57.2 Å². The van der Waals surface area contributed by atoms with Gasteiger partial charge in [-0.2, -0.15) is 0 Å². The third-order valence-electron chi connectivity index (χ3n) is 5.39. The third-order valence-corrected chi connectivity index (χ3v) is 5.39. The third kappa shape index (κ3) is 3.67. The van der Waals surface area contributed by atoms with Gasteiger partial charge in [0.1, 0.15) is 23.7 Å². The summed E-state index contributed by atoms with van der Waals surface area (Å²) in [4.78, 5) is 0. The quantitative estimate of drug-likeness (QED) is 0.832. The van der Waals surface area contributed by atoms with Crippen LogP contribution < -0.4 is 4.74 Å². The zero-order valence-corrected chi connectivity index (χ0v) is 15.9. The zero-order valence-electron chi connectivity index (χ0n) is 15.9. The second-order valence-corrected chi connectivity index (χ2v) is 7.85. The monoisotopic (exact) mass is 364 g/mol. The Morgan fingerprint density at radius 2 is 1.69 bits per heavy atom. The molecule has 0 radical (unpaired) electrons. The van der Waals surface area contributed by atoms with E-state index in [2.05, 4.69) is 0 Å². The molecule has 2 unspecified atom stereocenters. The van der Waals surface area contributed by atoms with Crippen LogP contribution in [0.4, 0.5) is 4.39 Å². The number of ether oxygens (including phenoxy) is 2. The van der Waals surface area contributed by atoms with Crippen LogP contribution in [0.2, 0.25) is 0 Å². The maximum atomic E-state index is 14.9. The highest BCUT2D eigenvalue weighted by Crippen LogP contribution is 2.40. The fourth-order valence-corrected chi connectivity index (χ4v) is 2.86. The summed E-state index contributed by atoms with van der Waals surface area (Å²) in [5.41, 5.74) is -0.432. The first-order valence-corrected chi connectivity index (χ1v) is 8.85. The van der Waals surface area contributed by atoms with E-state index >= 15 is 0 Å². The first kappa shape index (κ1) is 19.4. The Morgan fingerprint density at radius 3 is 2.19 bits per heavy atom. The number of aliphatic hydroxyl groups is 1. The van der Waals surface area contributed by atoms with E-state index in [-0.39, 0.29) is 12.7 Å². The molecular weight excluding hydrogens is 338 g/mol. The Kier molecular flexibility index (Phi) is 5.18. The second-order valence-electron chi connectivity index (χ2n) is 7.85. The summed E-state index contributed by atoms with van der Waals surface area (Å²) in [7, 11) is -1.01. The molecule has 2 atom stereocenters. The molecule has 7 heteroatoms. The minimum absolute atomic E-state index is 0.282. The van der Waals surface area contributed by atoms with Crippen molar-refractivity contribution < 1.29 is 28.3 Å². The summed E-state index contributed by atoms with van der Waals surface area (Å²) in [5.74, 6) is 0.604. The van der Waals surface area contributed by atoms with E-state index in [1.54, 1.807) is 31.2 Å². The summed E-state index contributed by atoms with van der Waals surface area (Å²) in [6.07, 6.45) is -1.00. The Balaban J connectivity index is 1.73. The molecule has 0 saturated carbocycles. The van der Waals surface area contributed by atoms with Crippen molar-refractivity contribution in [1.82, 2.24) is 0 Å². The average Bonchev–Trinajstić information content (AvgIpc) is 3.07. The summed E-state index contributed by atoms with van der Waals surface area (Å²) in [5, 5.41) is 9.74. The van der Waals surface area contributed by atoms with Gasteiger partial charge in [0.05, 0.1) is 24.4 Å². The molecule has 0 spiro atoms. The lowest BCUT2D eigenvalue weighted by Gasteiger charge is -2.32. The number of benzene rings is 1. The van der Waals surface area contributed by atoms with E-state index in [0.717, 1.165) is 0 Å². The lowest BCUT2D eigenvalue weighted by Crippen LogP contribution is -2.41. The number of hydrogen-bond acceptors (Lipinski definition) is 5. The van der Waals surface area contributed by atoms with Crippen LogP contribution >= 0.6 is 0 Å². The molecule has 3 rings (SSSR count). The van der Waals surface area contributed by atoms with Crippen LogP contribution in [0.15, 0.2) is 30.0 Å². The summed E-state index contributed by atoms with van der Waals surface area (Å²) in [6, 6.07) is 7.05. The van der Waals surface area contributed by atoms with Crippen LogP contribution in [-0.2, 0) is 14.0 Å². The number of allylic oxidation sites excluding steroid dienone is 1. The van der Waals surface area contributed by atoms with Gasteiger partial charge in [-0.25, -0.2) is 4.39 Å². The van der Waals surface area contributed by atoms with Gasteiger partial charge in [0.25, 0.3) is 0 Å². The second kappa shape index (κ2) is 6.96. The molecule has 142 valence electrons. The van der Waals surface area contributed by atoms with Crippen LogP contribution in [0.5, 0.6) is 5.75 Å². The Morgan fingerprint density at radius 1 is 1.12 bits per heavy atom. The number of aliphatic hydroxyl groups excluding tert-OH is 1. The zero-order chi connectivity index (χ0) is 19.1. The fraction of sp³-hybridized carbons (Fsp3) is 0.579. The number of halogens is 1. The predicted octanol–water partition coefficient (Wildman–Crippen LogP) is 3.16. The highest BCUT2D eigenvalue weighted by Gasteiger charge is 2.53. The molecular formula is C19H26BFO5. The lowest BCUT2D eigenvalue weighted by molar-refractivity contribution is 0.00578. The molecule has 5 nitrogen and oxygen atoms in total. The van der Waals surface area contributed by atoms with Crippen molar-refractivity contribution in [2.24, 2.45) is 0 Å².